The minimum Gasteiger partial charge on any atom is -0.378 e. The van der Waals surface area contributed by atoms with Crippen LogP contribution in [0.25, 0.3) is 0 Å². The van der Waals surface area contributed by atoms with Crippen LogP contribution in [-0.4, -0.2) is 22.6 Å². The Morgan fingerprint density at radius 3 is 1.17 bits per heavy atom. The molecule has 6 heteroatoms. The van der Waals surface area contributed by atoms with Crippen molar-refractivity contribution in [2.45, 2.75) is 0 Å². The second-order valence-electron chi connectivity index (χ2n) is 1.28. The molecule has 0 aliphatic carbocycles. The predicted octanol–water partition coefficient (Wildman–Crippen LogP) is -3.43. The van der Waals surface area contributed by atoms with Crippen LogP contribution >= 0.6 is 0 Å². The highest BCUT2D eigenvalue weighted by Gasteiger charge is 1.97. The second kappa shape index (κ2) is 2.28. The molecule has 3 N–H and O–H groups in total. The summed E-state index contributed by atoms with van der Waals surface area (Å²) in [6.45, 7) is 0. The zero-order valence-corrected chi connectivity index (χ0v) is 3.62. The lowest BCUT2D eigenvalue weighted by Crippen LogP contribution is -2.55. The number of rotatable bonds is 0. The van der Waals surface area contributed by atoms with Gasteiger partial charge in [0.25, 0.3) is 22.6 Å². The van der Waals surface area contributed by atoms with Gasteiger partial charge in [0.15, 0.2) is 0 Å². The Bertz CT molecular complexity index is 21.5. The summed E-state index contributed by atoms with van der Waals surface area (Å²) in [6.07, 6.45) is 0. The van der Waals surface area contributed by atoms with E-state index in [1.54, 1.807) is 0 Å². The highest BCUT2D eigenvalue weighted by molar-refractivity contribution is 6.65. The average Bonchev–Trinajstić information content (AvgIpc) is 1.72. The predicted molar refractivity (Wildman–Crippen MR) is 30.9 cm³/mol. The molecule has 0 amide bonds. The van der Waals surface area contributed by atoms with Gasteiger partial charge >= 0.3 is 0 Å². The fourth-order valence-corrected chi connectivity index (χ4v) is 0.453. The first-order valence-corrected chi connectivity index (χ1v) is 2.12. The van der Waals surface area contributed by atoms with Crippen molar-refractivity contribution in [3.05, 3.63) is 0 Å². The first kappa shape index (κ1) is 4.24. The maximum atomic E-state index is 3.06. The van der Waals surface area contributed by atoms with Gasteiger partial charge in [-0.15, -0.1) is 0 Å². The Morgan fingerprint density at radius 2 is 1.00 bits per heavy atom. The van der Waals surface area contributed by atoms with Gasteiger partial charge in [-0.25, -0.2) is 0 Å². The average molecular weight is 80.5 g/mol. The van der Waals surface area contributed by atoms with Crippen molar-refractivity contribution in [1.82, 2.24) is 15.4 Å². The molecule has 30 valence electrons. The monoisotopic (exact) mass is 81.1 g/mol. The van der Waals surface area contributed by atoms with Crippen LogP contribution in [0.4, 0.5) is 0 Å². The summed E-state index contributed by atoms with van der Waals surface area (Å²) in [4.78, 5) is 0. The number of nitrogens with one attached hydrogen (secondary N) is 3. The third kappa shape index (κ3) is 1.04. The van der Waals surface area contributed by atoms with Crippen LogP contribution in [0.2, 0.25) is 0 Å². The van der Waals surface area contributed by atoms with Crippen molar-refractivity contribution in [1.29, 1.82) is 0 Å². The summed E-state index contributed by atoms with van der Waals surface area (Å²) in [5.41, 5.74) is 0. The summed E-state index contributed by atoms with van der Waals surface area (Å²) >= 11 is 0. The van der Waals surface area contributed by atoms with E-state index in [0.717, 1.165) is 22.6 Å². The topological polar surface area (TPSA) is 36.1 Å². The summed E-state index contributed by atoms with van der Waals surface area (Å²) < 4.78 is 0. The Kier molecular flexibility index (Phi) is 1.61. The molecule has 1 rings (SSSR count). The van der Waals surface area contributed by atoms with E-state index in [1.807, 2.05) is 0 Å². The van der Waals surface area contributed by atoms with Gasteiger partial charge in [-0.05, 0) is 0 Å². The van der Waals surface area contributed by atoms with Crippen LogP contribution in [0.5, 0.6) is 0 Å². The second-order valence-corrected chi connectivity index (χ2v) is 1.28. The molecule has 0 spiro atoms. The highest BCUT2D eigenvalue weighted by Crippen LogP contribution is 1.46. The Hall–Kier alpha value is 0.0748. The summed E-state index contributed by atoms with van der Waals surface area (Å²) in [5.74, 6) is 0. The van der Waals surface area contributed by atoms with Crippen LogP contribution in [0.15, 0.2) is 0 Å². The van der Waals surface area contributed by atoms with E-state index in [9.17, 15) is 0 Å². The van der Waals surface area contributed by atoms with Gasteiger partial charge in [0.1, 0.15) is 0 Å². The minimum atomic E-state index is 0.938. The molecule has 0 unspecified atom stereocenters. The molecule has 1 aliphatic rings. The van der Waals surface area contributed by atoms with Crippen molar-refractivity contribution < 1.29 is 0 Å². The molecular formula is H6B3N3. The number of hydrogen-bond acceptors (Lipinski definition) is 3. The SMILES string of the molecule is B1NBNBN1. The van der Waals surface area contributed by atoms with Gasteiger partial charge in [0.05, 0.1) is 0 Å². The molecular weight excluding hydrogens is 74.5 g/mol. The van der Waals surface area contributed by atoms with E-state index in [2.05, 4.69) is 15.4 Å². The van der Waals surface area contributed by atoms with E-state index in [4.69, 9.17) is 0 Å². The lowest BCUT2D eigenvalue weighted by atomic mass is 9.85. The molecule has 0 radical (unpaired) electrons. The quantitative estimate of drug-likeness (QED) is 0.265. The lowest BCUT2D eigenvalue weighted by molar-refractivity contribution is 1.28. The fourth-order valence-electron chi connectivity index (χ4n) is 0.453. The molecule has 0 aromatic carbocycles. The first-order chi connectivity index (χ1) is 3.00. The van der Waals surface area contributed by atoms with Gasteiger partial charge in [0.2, 0.25) is 0 Å². The Labute approximate surface area is 39.1 Å². The standard InChI is InChI=1S/B3H6N3/c1-4-2-6-3-5-1/h1-6H. The summed E-state index contributed by atoms with van der Waals surface area (Å²) in [5, 5.41) is 9.19. The molecule has 0 saturated carbocycles. The van der Waals surface area contributed by atoms with E-state index in [1.165, 1.54) is 0 Å². The van der Waals surface area contributed by atoms with Gasteiger partial charge in [-0.3, -0.25) is 0 Å². The van der Waals surface area contributed by atoms with Crippen LogP contribution in [-0.2, 0) is 0 Å². The van der Waals surface area contributed by atoms with Gasteiger partial charge < -0.3 is 15.4 Å². The van der Waals surface area contributed by atoms with Crippen molar-refractivity contribution in [3.63, 3.8) is 0 Å². The summed E-state index contributed by atoms with van der Waals surface area (Å²) in [7, 11) is 2.81. The van der Waals surface area contributed by atoms with E-state index in [0.29, 0.717) is 0 Å². The molecule has 1 saturated heterocycles. The van der Waals surface area contributed by atoms with Crippen molar-refractivity contribution in [2.75, 3.05) is 0 Å². The number of hydrogen-bond donors (Lipinski definition) is 3. The minimum absolute atomic E-state index is 0.938. The van der Waals surface area contributed by atoms with E-state index >= 15 is 0 Å². The van der Waals surface area contributed by atoms with Crippen LogP contribution in [0.1, 0.15) is 0 Å². The van der Waals surface area contributed by atoms with Crippen molar-refractivity contribution in [2.24, 2.45) is 0 Å². The Morgan fingerprint density at radius 1 is 0.667 bits per heavy atom. The molecule has 3 nitrogen and oxygen atoms in total. The maximum absolute atomic E-state index is 3.06. The van der Waals surface area contributed by atoms with Gasteiger partial charge in [-0.2, -0.15) is 0 Å². The van der Waals surface area contributed by atoms with Gasteiger partial charge in [0, 0.05) is 0 Å². The molecule has 6 heavy (non-hydrogen) atoms. The summed E-state index contributed by atoms with van der Waals surface area (Å²) in [6, 6.07) is 0. The zero-order valence-electron chi connectivity index (χ0n) is 3.62. The van der Waals surface area contributed by atoms with E-state index in [-0.39, 0.29) is 0 Å². The molecule has 1 fully saturated rings. The van der Waals surface area contributed by atoms with E-state index < -0.39 is 0 Å². The van der Waals surface area contributed by atoms with Crippen LogP contribution in [0.3, 0.4) is 0 Å². The van der Waals surface area contributed by atoms with Crippen LogP contribution in [0, 0.1) is 0 Å². The first-order valence-electron chi connectivity index (χ1n) is 2.12. The molecule has 1 heterocycles. The van der Waals surface area contributed by atoms with Crippen molar-refractivity contribution >= 4 is 22.6 Å². The largest absolute Gasteiger partial charge is 0.378 e. The molecule has 0 aromatic rings. The maximum Gasteiger partial charge on any atom is 0.265 e. The third-order valence-corrected chi connectivity index (χ3v) is 0.750. The third-order valence-electron chi connectivity index (χ3n) is 0.750. The molecule has 0 bridgehead atoms. The molecule has 0 aromatic heterocycles. The highest BCUT2D eigenvalue weighted by atomic mass is 15.0. The smallest absolute Gasteiger partial charge is 0.265 e. The zero-order chi connectivity index (χ0) is 4.24. The van der Waals surface area contributed by atoms with Crippen molar-refractivity contribution in [3.8, 4) is 0 Å². The lowest BCUT2D eigenvalue weighted by Gasteiger charge is -2.08. The van der Waals surface area contributed by atoms with Crippen LogP contribution < -0.4 is 15.4 Å². The van der Waals surface area contributed by atoms with Gasteiger partial charge in [-0.1, -0.05) is 0 Å². The molecule has 0 atom stereocenters. The normalized spacial score (nSPS) is 20.0. The Balaban J connectivity index is 2.00. The molecule has 1 aliphatic heterocycles. The fraction of sp³-hybridized carbons (Fsp3) is 0.